The molecule has 2 aromatic carbocycles. The lowest BCUT2D eigenvalue weighted by atomic mass is 10.0. The van der Waals surface area contributed by atoms with Crippen molar-refractivity contribution in [3.05, 3.63) is 77.5 Å². The molecule has 0 spiro atoms. The van der Waals surface area contributed by atoms with Gasteiger partial charge in [-0.25, -0.2) is 9.78 Å². The number of likely N-dealkylation sites (tertiary alicyclic amines) is 1. The minimum atomic E-state index is -0.564. The highest BCUT2D eigenvalue weighted by atomic mass is 16.6. The highest BCUT2D eigenvalue weighted by Crippen LogP contribution is 2.35. The molecule has 0 radical (unpaired) electrons. The van der Waals surface area contributed by atoms with Crippen molar-refractivity contribution in [2.75, 3.05) is 13.1 Å². The number of hydrogen-bond acceptors (Lipinski definition) is 4. The number of piperidine rings is 1. The minimum Gasteiger partial charge on any atom is -0.444 e. The van der Waals surface area contributed by atoms with Crippen molar-refractivity contribution >= 4 is 35.2 Å². The molecule has 1 aliphatic heterocycles. The molecule has 8 heteroatoms. The fourth-order valence-electron chi connectivity index (χ4n) is 5.83. The largest absolute Gasteiger partial charge is 0.444 e. The number of ether oxygens (including phenoxy) is 1. The van der Waals surface area contributed by atoms with Crippen LogP contribution in [0.3, 0.4) is 0 Å². The van der Waals surface area contributed by atoms with E-state index >= 15 is 0 Å². The van der Waals surface area contributed by atoms with Crippen molar-refractivity contribution in [1.29, 1.82) is 0 Å². The topological polar surface area (TPSA) is 81.4 Å². The zero-order valence-corrected chi connectivity index (χ0v) is 25.5. The number of benzene rings is 2. The Balaban J connectivity index is 1.23. The summed E-state index contributed by atoms with van der Waals surface area (Å²) in [6.07, 6.45) is 8.05. The second kappa shape index (κ2) is 11.7. The van der Waals surface area contributed by atoms with Gasteiger partial charge in [-0.15, -0.1) is 0 Å². The molecule has 1 saturated carbocycles. The number of aromatic nitrogens is 3. The maximum atomic E-state index is 13.6. The molecular formula is C35H41N5O3. The summed E-state index contributed by atoms with van der Waals surface area (Å²) in [4.78, 5) is 32.8. The van der Waals surface area contributed by atoms with Gasteiger partial charge in [0.2, 0.25) is 0 Å². The van der Waals surface area contributed by atoms with Crippen LogP contribution in [0.4, 0.5) is 4.79 Å². The third-order valence-corrected chi connectivity index (χ3v) is 8.18. The SMILES string of the molecule is Cn1c(-c2ccc(/C=C/c3ccccc3)n2CC2CC2)nc2cc(C(=O)N3CCC[C@@H](NC(=O)OC(C)(C)C)C3)ccc21. The van der Waals surface area contributed by atoms with Gasteiger partial charge in [-0.3, -0.25) is 4.79 Å². The number of imidazole rings is 1. The monoisotopic (exact) mass is 579 g/mol. The number of nitrogens with zero attached hydrogens (tertiary/aromatic N) is 4. The number of hydrogen-bond donors (Lipinski definition) is 1. The Morgan fingerprint density at radius 1 is 1.02 bits per heavy atom. The Morgan fingerprint density at radius 2 is 1.81 bits per heavy atom. The number of carbonyl (C=O) groups is 2. The van der Waals surface area contributed by atoms with E-state index in [4.69, 9.17) is 9.72 Å². The molecule has 1 saturated heterocycles. The summed E-state index contributed by atoms with van der Waals surface area (Å²) in [6, 6.07) is 20.3. The molecule has 1 aliphatic carbocycles. The molecule has 2 aliphatic rings. The van der Waals surface area contributed by atoms with Gasteiger partial charge >= 0.3 is 6.09 Å². The smallest absolute Gasteiger partial charge is 0.407 e. The van der Waals surface area contributed by atoms with Gasteiger partial charge in [0.1, 0.15) is 5.60 Å². The Labute approximate surface area is 253 Å². The second-order valence-corrected chi connectivity index (χ2v) is 12.9. The molecule has 224 valence electrons. The van der Waals surface area contributed by atoms with Crippen molar-refractivity contribution in [3.63, 3.8) is 0 Å². The standard InChI is InChI=1S/C35H41N5O3/c1-35(2,3)43-34(42)36-27-11-8-20-39(23-27)33(41)26-15-18-30-29(21-26)37-32(38(30)4)31-19-17-28(40(31)22-25-12-13-25)16-14-24-9-6-5-7-10-24/h5-7,9-10,14-19,21,25,27H,8,11-13,20,22-23H2,1-4H3,(H,36,42)/b16-14+/t27-/m1/s1. The predicted molar refractivity (Wildman–Crippen MR) is 171 cm³/mol. The molecule has 1 N–H and O–H groups in total. The van der Waals surface area contributed by atoms with E-state index in [1.165, 1.54) is 18.4 Å². The van der Waals surface area contributed by atoms with Crippen LogP contribution in [0.2, 0.25) is 0 Å². The number of fused-ring (bicyclic) bond motifs is 1. The van der Waals surface area contributed by atoms with Crippen LogP contribution in [-0.4, -0.2) is 55.8 Å². The summed E-state index contributed by atoms with van der Waals surface area (Å²) in [7, 11) is 2.04. The van der Waals surface area contributed by atoms with Crippen molar-refractivity contribution in [3.8, 4) is 11.5 Å². The Kier molecular flexibility index (Phi) is 7.86. The van der Waals surface area contributed by atoms with E-state index in [1.54, 1.807) is 0 Å². The van der Waals surface area contributed by atoms with Gasteiger partial charge < -0.3 is 24.1 Å². The van der Waals surface area contributed by atoms with Crippen LogP contribution in [-0.2, 0) is 18.3 Å². The summed E-state index contributed by atoms with van der Waals surface area (Å²) < 4.78 is 9.92. The van der Waals surface area contributed by atoms with E-state index < -0.39 is 11.7 Å². The average Bonchev–Trinajstić information content (AvgIpc) is 3.63. The van der Waals surface area contributed by atoms with Crippen molar-refractivity contribution in [1.82, 2.24) is 24.3 Å². The first kappa shape index (κ1) is 28.8. The lowest BCUT2D eigenvalue weighted by Gasteiger charge is -2.33. The quantitative estimate of drug-likeness (QED) is 0.263. The number of aryl methyl sites for hydroxylation is 1. The molecule has 1 atom stereocenters. The summed E-state index contributed by atoms with van der Waals surface area (Å²) in [5.74, 6) is 1.54. The average molecular weight is 580 g/mol. The lowest BCUT2D eigenvalue weighted by molar-refractivity contribution is 0.0452. The van der Waals surface area contributed by atoms with Crippen molar-refractivity contribution < 1.29 is 14.3 Å². The van der Waals surface area contributed by atoms with E-state index in [0.29, 0.717) is 24.6 Å². The lowest BCUT2D eigenvalue weighted by Crippen LogP contribution is -2.50. The molecule has 8 nitrogen and oxygen atoms in total. The van der Waals surface area contributed by atoms with Crippen LogP contribution in [0.25, 0.3) is 34.7 Å². The fourth-order valence-corrected chi connectivity index (χ4v) is 5.83. The van der Waals surface area contributed by atoms with E-state index in [2.05, 4.69) is 63.0 Å². The summed E-state index contributed by atoms with van der Waals surface area (Å²) in [5, 5.41) is 2.94. The van der Waals surface area contributed by atoms with Crippen LogP contribution >= 0.6 is 0 Å². The Bertz CT molecular complexity index is 1660. The fraction of sp³-hybridized carbons (Fsp3) is 0.400. The molecule has 4 aromatic rings. The first-order chi connectivity index (χ1) is 20.6. The number of nitrogens with one attached hydrogen (secondary N) is 1. The molecule has 2 fully saturated rings. The zero-order chi connectivity index (χ0) is 30.1. The predicted octanol–water partition coefficient (Wildman–Crippen LogP) is 6.75. The number of carbonyl (C=O) groups excluding carboxylic acids is 2. The van der Waals surface area contributed by atoms with Crippen molar-refractivity contribution in [2.24, 2.45) is 13.0 Å². The van der Waals surface area contributed by atoms with Crippen LogP contribution in [0.1, 0.15) is 68.1 Å². The first-order valence-corrected chi connectivity index (χ1v) is 15.3. The van der Waals surface area contributed by atoms with E-state index in [0.717, 1.165) is 47.6 Å². The highest BCUT2D eigenvalue weighted by Gasteiger charge is 2.28. The van der Waals surface area contributed by atoms with Gasteiger partial charge in [-0.05, 0) is 94.3 Å². The molecular weight excluding hydrogens is 538 g/mol. The Morgan fingerprint density at radius 3 is 2.56 bits per heavy atom. The molecule has 2 amide bonds. The third-order valence-electron chi connectivity index (χ3n) is 8.18. The van der Waals surface area contributed by atoms with Gasteiger partial charge in [-0.1, -0.05) is 36.4 Å². The summed E-state index contributed by atoms with van der Waals surface area (Å²) in [5.41, 5.74) is 5.23. The molecule has 43 heavy (non-hydrogen) atoms. The van der Waals surface area contributed by atoms with Gasteiger partial charge in [0.05, 0.1) is 16.7 Å². The summed E-state index contributed by atoms with van der Waals surface area (Å²) in [6.45, 7) is 7.61. The molecule has 3 heterocycles. The normalized spacial score (nSPS) is 17.5. The molecule has 6 rings (SSSR count). The minimum absolute atomic E-state index is 0.0461. The van der Waals surface area contributed by atoms with Crippen LogP contribution in [0, 0.1) is 5.92 Å². The zero-order valence-electron chi connectivity index (χ0n) is 25.5. The van der Waals surface area contributed by atoms with E-state index in [-0.39, 0.29) is 11.9 Å². The van der Waals surface area contributed by atoms with Gasteiger partial charge in [0, 0.05) is 44.0 Å². The highest BCUT2D eigenvalue weighted by molar-refractivity contribution is 5.98. The molecule has 0 bridgehead atoms. The van der Waals surface area contributed by atoms with Gasteiger partial charge in [0.25, 0.3) is 5.91 Å². The van der Waals surface area contributed by atoms with Crippen LogP contribution < -0.4 is 5.32 Å². The van der Waals surface area contributed by atoms with Crippen LogP contribution in [0.5, 0.6) is 0 Å². The molecule has 2 aromatic heterocycles. The maximum absolute atomic E-state index is 13.6. The third kappa shape index (κ3) is 6.69. The second-order valence-electron chi connectivity index (χ2n) is 12.9. The number of alkyl carbamates (subject to hydrolysis) is 1. The Hall–Kier alpha value is -4.33. The summed E-state index contributed by atoms with van der Waals surface area (Å²) >= 11 is 0. The van der Waals surface area contributed by atoms with E-state index in [1.807, 2.05) is 57.0 Å². The van der Waals surface area contributed by atoms with Gasteiger partial charge in [0.15, 0.2) is 5.82 Å². The number of rotatable bonds is 7. The van der Waals surface area contributed by atoms with Crippen LogP contribution in [0.15, 0.2) is 60.7 Å². The number of amides is 2. The maximum Gasteiger partial charge on any atom is 0.407 e. The van der Waals surface area contributed by atoms with Gasteiger partial charge in [-0.2, -0.15) is 0 Å². The van der Waals surface area contributed by atoms with Crippen molar-refractivity contribution in [2.45, 2.75) is 64.6 Å². The van der Waals surface area contributed by atoms with E-state index in [9.17, 15) is 9.59 Å². The first-order valence-electron chi connectivity index (χ1n) is 15.3. The molecule has 0 unspecified atom stereocenters.